The lowest BCUT2D eigenvalue weighted by Gasteiger charge is -2.43. The molecule has 0 aliphatic heterocycles. The van der Waals surface area contributed by atoms with E-state index in [2.05, 4.69) is 52.0 Å². The minimum atomic E-state index is 0.285. The van der Waals surface area contributed by atoms with Crippen LogP contribution < -0.4 is 11.1 Å². The number of nitrogen functional groups attached to an aromatic ring is 1. The zero-order valence-corrected chi connectivity index (χ0v) is 13.3. The monoisotopic (exact) mass is 324 g/mol. The van der Waals surface area contributed by atoms with Gasteiger partial charge in [0.2, 0.25) is 5.95 Å². The molecule has 0 spiro atoms. The Kier molecular flexibility index (Phi) is 2.82. The molecule has 3 N–H and O–H groups in total. The fraction of sp³-hybridized carbons (Fsp3) is 0.714. The van der Waals surface area contributed by atoms with Crippen LogP contribution in [0.3, 0.4) is 0 Å². The van der Waals surface area contributed by atoms with Crippen LogP contribution in [-0.2, 0) is 0 Å². The number of nitrogens with one attached hydrogen (secondary N) is 1. The van der Waals surface area contributed by atoms with Gasteiger partial charge in [0.25, 0.3) is 0 Å². The lowest BCUT2D eigenvalue weighted by Crippen LogP contribution is -2.46. The quantitative estimate of drug-likeness (QED) is 0.818. The lowest BCUT2D eigenvalue weighted by molar-refractivity contribution is 0.155. The van der Waals surface area contributed by atoms with Crippen molar-refractivity contribution in [2.45, 2.75) is 46.1 Å². The van der Waals surface area contributed by atoms with Gasteiger partial charge in [-0.2, -0.15) is 4.98 Å². The van der Waals surface area contributed by atoms with Crippen LogP contribution >= 0.6 is 15.9 Å². The second-order valence-electron chi connectivity index (χ2n) is 6.93. The fourth-order valence-corrected chi connectivity index (χ4v) is 4.69. The zero-order chi connectivity index (χ0) is 13.8. The number of rotatable bonds is 2. The predicted octanol–water partition coefficient (Wildman–Crippen LogP) is 3.45. The number of nitrogens with two attached hydrogens (primary N) is 1. The molecule has 3 unspecified atom stereocenters. The van der Waals surface area contributed by atoms with Crippen LogP contribution in [0.1, 0.15) is 40.0 Å². The van der Waals surface area contributed by atoms with E-state index in [1.54, 1.807) is 6.07 Å². The van der Waals surface area contributed by atoms with Crippen molar-refractivity contribution in [2.75, 3.05) is 11.1 Å². The van der Waals surface area contributed by atoms with Crippen molar-refractivity contribution < 1.29 is 0 Å². The predicted molar refractivity (Wildman–Crippen MR) is 80.8 cm³/mol. The van der Waals surface area contributed by atoms with E-state index in [-0.39, 0.29) is 5.41 Å². The first-order chi connectivity index (χ1) is 8.81. The van der Waals surface area contributed by atoms with Crippen molar-refractivity contribution in [1.82, 2.24) is 9.97 Å². The van der Waals surface area contributed by atoms with Gasteiger partial charge in [0.1, 0.15) is 10.4 Å². The number of nitrogens with zero attached hydrogens (tertiary/aromatic N) is 2. The van der Waals surface area contributed by atoms with Crippen molar-refractivity contribution in [1.29, 1.82) is 0 Å². The van der Waals surface area contributed by atoms with Gasteiger partial charge in [-0.05, 0) is 51.9 Å². The van der Waals surface area contributed by atoms with E-state index in [1.807, 2.05) is 0 Å². The van der Waals surface area contributed by atoms with Gasteiger partial charge in [-0.3, -0.25) is 0 Å². The molecule has 1 aromatic rings. The maximum atomic E-state index is 5.79. The van der Waals surface area contributed by atoms with Gasteiger partial charge < -0.3 is 11.1 Å². The van der Waals surface area contributed by atoms with Crippen molar-refractivity contribution in [3.8, 4) is 0 Å². The van der Waals surface area contributed by atoms with Gasteiger partial charge in [-0.15, -0.1) is 0 Å². The highest BCUT2D eigenvalue weighted by molar-refractivity contribution is 9.10. The number of hydrogen-bond acceptors (Lipinski definition) is 4. The second-order valence-corrected chi connectivity index (χ2v) is 7.74. The Morgan fingerprint density at radius 3 is 2.68 bits per heavy atom. The van der Waals surface area contributed by atoms with E-state index >= 15 is 0 Å². The summed E-state index contributed by atoms with van der Waals surface area (Å²) in [6.07, 6.45) is 3.95. The third-order valence-corrected chi connectivity index (χ3v) is 5.66. The summed E-state index contributed by atoms with van der Waals surface area (Å²) in [7, 11) is 0. The van der Waals surface area contributed by atoms with Crippen LogP contribution in [0.25, 0.3) is 0 Å². The summed E-state index contributed by atoms with van der Waals surface area (Å²) in [4.78, 5) is 8.70. The van der Waals surface area contributed by atoms with Crippen molar-refractivity contribution in [3.63, 3.8) is 0 Å². The maximum Gasteiger partial charge on any atom is 0.225 e. The van der Waals surface area contributed by atoms with E-state index < -0.39 is 0 Å². The molecule has 2 saturated carbocycles. The molecule has 4 nitrogen and oxygen atoms in total. The molecule has 19 heavy (non-hydrogen) atoms. The molecule has 2 aliphatic carbocycles. The summed E-state index contributed by atoms with van der Waals surface area (Å²) in [6, 6.07) is 2.13. The summed E-state index contributed by atoms with van der Waals surface area (Å²) in [5, 5.41) is 3.55. The van der Waals surface area contributed by atoms with E-state index in [9.17, 15) is 0 Å². The van der Waals surface area contributed by atoms with E-state index in [4.69, 9.17) is 5.73 Å². The number of hydrogen-bond donors (Lipinski definition) is 2. The third-order valence-electron chi connectivity index (χ3n) is 5.26. The molecular formula is C14H21BrN4. The molecule has 0 radical (unpaired) electrons. The molecule has 104 valence electrons. The summed E-state index contributed by atoms with van der Waals surface area (Å²) in [6.45, 7) is 7.11. The van der Waals surface area contributed by atoms with Crippen LogP contribution in [0.15, 0.2) is 10.7 Å². The molecule has 0 saturated heterocycles. The van der Waals surface area contributed by atoms with Gasteiger partial charge in [0.15, 0.2) is 0 Å². The molecular weight excluding hydrogens is 304 g/mol. The van der Waals surface area contributed by atoms with Gasteiger partial charge in [-0.1, -0.05) is 20.8 Å². The van der Waals surface area contributed by atoms with Crippen molar-refractivity contribution in [3.05, 3.63) is 10.7 Å². The summed E-state index contributed by atoms with van der Waals surface area (Å²) in [5.41, 5.74) is 6.43. The summed E-state index contributed by atoms with van der Waals surface area (Å²) in [5.74, 6) is 1.94. The topological polar surface area (TPSA) is 63.8 Å². The molecule has 1 aromatic heterocycles. The third kappa shape index (κ3) is 2.02. The Hall–Kier alpha value is -0.840. The van der Waals surface area contributed by atoms with E-state index in [0.717, 1.165) is 10.5 Å². The highest BCUT2D eigenvalue weighted by Crippen LogP contribution is 2.62. The van der Waals surface area contributed by atoms with Crippen LogP contribution in [0.4, 0.5) is 11.8 Å². The maximum absolute atomic E-state index is 5.79. The van der Waals surface area contributed by atoms with E-state index in [0.29, 0.717) is 23.2 Å². The number of fused-ring (bicyclic) bond motifs is 2. The molecule has 2 fully saturated rings. The smallest absolute Gasteiger partial charge is 0.225 e. The Balaban J connectivity index is 1.90. The van der Waals surface area contributed by atoms with Crippen LogP contribution in [0.2, 0.25) is 0 Å². The molecule has 1 heterocycles. The Morgan fingerprint density at radius 2 is 2.11 bits per heavy atom. The summed E-state index contributed by atoms with van der Waals surface area (Å²) >= 11 is 3.37. The lowest BCUT2D eigenvalue weighted by atomic mass is 9.68. The van der Waals surface area contributed by atoms with Crippen LogP contribution in [0, 0.1) is 16.7 Å². The van der Waals surface area contributed by atoms with Gasteiger partial charge in [0.05, 0.1) is 0 Å². The first-order valence-electron chi connectivity index (χ1n) is 6.88. The second kappa shape index (κ2) is 4.08. The molecule has 0 amide bonds. The average Bonchev–Trinajstić information content (AvgIpc) is 2.74. The number of aromatic nitrogens is 2. The molecule has 0 aromatic carbocycles. The fourth-order valence-electron chi connectivity index (χ4n) is 4.29. The zero-order valence-electron chi connectivity index (χ0n) is 11.7. The Labute approximate surface area is 122 Å². The van der Waals surface area contributed by atoms with Crippen molar-refractivity contribution >= 4 is 27.7 Å². The molecule has 2 bridgehead atoms. The van der Waals surface area contributed by atoms with Crippen LogP contribution in [0.5, 0.6) is 0 Å². The number of halogens is 1. The average molecular weight is 325 g/mol. The molecule has 5 heteroatoms. The first-order valence-corrected chi connectivity index (χ1v) is 7.67. The normalized spacial score (nSPS) is 35.6. The molecule has 2 aliphatic rings. The first kappa shape index (κ1) is 13.2. The Morgan fingerprint density at radius 1 is 1.37 bits per heavy atom. The Bertz CT molecular complexity index is 491. The van der Waals surface area contributed by atoms with Crippen LogP contribution in [-0.4, -0.2) is 16.0 Å². The van der Waals surface area contributed by atoms with Gasteiger partial charge in [-0.25, -0.2) is 4.98 Å². The number of anilines is 2. The summed E-state index contributed by atoms with van der Waals surface area (Å²) < 4.78 is 0.730. The highest BCUT2D eigenvalue weighted by atomic mass is 79.9. The van der Waals surface area contributed by atoms with Gasteiger partial charge >= 0.3 is 0 Å². The van der Waals surface area contributed by atoms with Gasteiger partial charge in [0, 0.05) is 12.1 Å². The van der Waals surface area contributed by atoms with Crippen molar-refractivity contribution in [2.24, 2.45) is 16.7 Å². The SMILES string of the molecule is CC12CCC(C1)C(C)(C)C2Nc1nc(N)cc(Br)n1. The minimum Gasteiger partial charge on any atom is -0.383 e. The molecule has 3 rings (SSSR count). The standard InChI is InChI=1S/C14H21BrN4/c1-13(2)8-4-5-14(3,7-8)11(13)19-12-17-9(15)6-10(16)18-12/h6,8,11H,4-5,7H2,1-3H3,(H3,16,17,18,19). The largest absolute Gasteiger partial charge is 0.383 e. The minimum absolute atomic E-state index is 0.285. The molecule has 3 atom stereocenters. The highest BCUT2D eigenvalue weighted by Gasteiger charge is 2.59. The van der Waals surface area contributed by atoms with E-state index in [1.165, 1.54) is 19.3 Å².